The van der Waals surface area contributed by atoms with Gasteiger partial charge in [-0.2, -0.15) is 4.99 Å². The van der Waals surface area contributed by atoms with E-state index in [2.05, 4.69) is 96.0 Å². The van der Waals surface area contributed by atoms with Crippen molar-refractivity contribution in [1.29, 1.82) is 5.41 Å². The summed E-state index contributed by atoms with van der Waals surface area (Å²) in [5.41, 5.74) is 10.7. The Balaban J connectivity index is 1.50. The summed E-state index contributed by atoms with van der Waals surface area (Å²) >= 11 is 0. The van der Waals surface area contributed by atoms with E-state index in [1.54, 1.807) is 4.90 Å². The van der Waals surface area contributed by atoms with Crippen LogP contribution in [0, 0.1) is 5.41 Å². The van der Waals surface area contributed by atoms with Crippen molar-refractivity contribution in [2.75, 3.05) is 19.8 Å². The second-order valence-electron chi connectivity index (χ2n) is 9.65. The zero-order valence-corrected chi connectivity index (χ0v) is 23.1. The molecule has 3 aromatic carbocycles. The Morgan fingerprint density at radius 2 is 1.03 bits per heavy atom. The highest BCUT2D eigenvalue weighted by molar-refractivity contribution is 7.95. The fraction of sp³-hybridized carbons (Fsp3) is 0.355. The van der Waals surface area contributed by atoms with Crippen LogP contribution in [0.3, 0.4) is 0 Å². The number of nitrogens with one attached hydrogen (secondary N) is 1. The van der Waals surface area contributed by atoms with Gasteiger partial charge in [0.05, 0.1) is 6.16 Å². The highest BCUT2D eigenvalue weighted by Gasteiger charge is 2.44. The number of hydrogen-bond donors (Lipinski definition) is 3. The van der Waals surface area contributed by atoms with Crippen LogP contribution < -0.4 is 27.4 Å². The summed E-state index contributed by atoms with van der Waals surface area (Å²) in [7, 11) is 0.162. The van der Waals surface area contributed by atoms with E-state index in [1.165, 1.54) is 67.0 Å². The number of hydrogen-bond acceptors (Lipinski definition) is 1. The van der Waals surface area contributed by atoms with Crippen LogP contribution in [0.5, 0.6) is 0 Å². The first-order chi connectivity index (χ1) is 18.0. The third kappa shape index (κ3) is 8.43. The molecule has 3 rings (SSSR count). The van der Waals surface area contributed by atoms with Crippen LogP contribution in [0.25, 0.3) is 0 Å². The largest absolute Gasteiger partial charge is 0.370 e. The molecule has 3 aromatic rings. The molecule has 5 N–H and O–H groups in total. The average molecular weight is 517 g/mol. The average Bonchev–Trinajstić information content (AvgIpc) is 2.93. The molecule has 0 aliphatic carbocycles. The summed E-state index contributed by atoms with van der Waals surface area (Å²) in [5, 5.41) is 12.3. The van der Waals surface area contributed by atoms with Gasteiger partial charge in [0.15, 0.2) is 5.96 Å². The third-order valence-corrected chi connectivity index (χ3v) is 11.5. The molecule has 0 unspecified atom stereocenters. The molecule has 0 bridgehead atoms. The minimum absolute atomic E-state index is 0.0625. The Morgan fingerprint density at radius 3 is 1.43 bits per heavy atom. The minimum Gasteiger partial charge on any atom is -0.370 e. The van der Waals surface area contributed by atoms with E-state index in [-0.39, 0.29) is 11.9 Å². The monoisotopic (exact) mass is 516 g/mol. The van der Waals surface area contributed by atoms with Crippen molar-refractivity contribution in [3.05, 3.63) is 91.0 Å². The zero-order valence-electron chi connectivity index (χ0n) is 22.2. The highest BCUT2D eigenvalue weighted by atomic mass is 31.2. The van der Waals surface area contributed by atoms with Gasteiger partial charge in [-0.3, -0.25) is 5.41 Å². The summed E-state index contributed by atoms with van der Waals surface area (Å²) in [6.07, 6.45) is 11.0. The zero-order chi connectivity index (χ0) is 26.3. The van der Waals surface area contributed by atoms with Crippen LogP contribution in [-0.4, -0.2) is 36.6 Å². The van der Waals surface area contributed by atoms with E-state index in [9.17, 15) is 0 Å². The summed E-state index contributed by atoms with van der Waals surface area (Å²) in [5.74, 6) is 0.0629. The molecule has 0 aliphatic heterocycles. The normalized spacial score (nSPS) is 11.2. The van der Waals surface area contributed by atoms with E-state index >= 15 is 0 Å². The van der Waals surface area contributed by atoms with E-state index in [1.807, 2.05) is 7.05 Å². The van der Waals surface area contributed by atoms with Gasteiger partial charge in [0.25, 0.3) is 0 Å². The van der Waals surface area contributed by atoms with Gasteiger partial charge < -0.3 is 16.4 Å². The predicted molar refractivity (Wildman–Crippen MR) is 163 cm³/mol. The summed E-state index contributed by atoms with van der Waals surface area (Å²) in [6.45, 7) is 0.805. The molecule has 0 saturated heterocycles. The number of unbranched alkanes of at least 4 members (excludes halogenated alkanes) is 7. The first-order valence-corrected chi connectivity index (χ1v) is 15.5. The van der Waals surface area contributed by atoms with Gasteiger partial charge in [0.2, 0.25) is 5.96 Å². The van der Waals surface area contributed by atoms with Gasteiger partial charge >= 0.3 is 0 Å². The Kier molecular flexibility index (Phi) is 11.6. The lowest BCUT2D eigenvalue weighted by atomic mass is 10.1. The van der Waals surface area contributed by atoms with Gasteiger partial charge in [0, 0.05) is 13.6 Å². The van der Waals surface area contributed by atoms with E-state index in [0.29, 0.717) is 0 Å². The van der Waals surface area contributed by atoms with Gasteiger partial charge in [0.1, 0.15) is 23.2 Å². The Labute approximate surface area is 223 Å². The molecule has 37 heavy (non-hydrogen) atoms. The minimum atomic E-state index is -1.70. The molecule has 196 valence electrons. The van der Waals surface area contributed by atoms with Crippen molar-refractivity contribution in [3.8, 4) is 0 Å². The smallest absolute Gasteiger partial charge is 0.220 e. The van der Waals surface area contributed by atoms with Crippen molar-refractivity contribution in [1.82, 2.24) is 4.90 Å². The number of nitrogens with two attached hydrogens (primary N) is 2. The first-order valence-electron chi connectivity index (χ1n) is 13.5. The number of benzene rings is 3. The Morgan fingerprint density at radius 1 is 0.649 bits per heavy atom. The lowest BCUT2D eigenvalue weighted by molar-refractivity contribution is 0.458. The molecule has 0 radical (unpaired) electrons. The molecule has 0 aromatic heterocycles. The summed E-state index contributed by atoms with van der Waals surface area (Å²) in [4.78, 5) is 5.59. The lowest BCUT2D eigenvalue weighted by Crippen LogP contribution is -2.33. The maximum absolute atomic E-state index is 7.83. The molecule has 5 nitrogen and oxygen atoms in total. The van der Waals surface area contributed by atoms with Crippen molar-refractivity contribution < 1.29 is 0 Å². The fourth-order valence-corrected chi connectivity index (χ4v) is 9.36. The summed E-state index contributed by atoms with van der Waals surface area (Å²) in [6, 6.07) is 33.6. The third-order valence-electron chi connectivity index (χ3n) is 6.92. The van der Waals surface area contributed by atoms with Crippen LogP contribution in [0.2, 0.25) is 0 Å². The van der Waals surface area contributed by atoms with Crippen LogP contribution >= 0.6 is 7.26 Å². The molecule has 0 fully saturated rings. The Hall–Kier alpha value is -3.17. The standard InChI is InChI=1S/C31H43N5P/c1-36(31(34)35-30(32)33)25-17-6-4-2-3-5-7-18-26-37(27-19-11-8-12-20-27,28-21-13-9-14-22-28)29-23-15-10-16-24-29/h8-16,19-24H,2-7,17-18,25-26H2,1H3,(H5,32,33,34,35)/q+1. The highest BCUT2D eigenvalue weighted by Crippen LogP contribution is 2.55. The van der Waals surface area contributed by atoms with Crippen molar-refractivity contribution in [2.24, 2.45) is 16.5 Å². The molecule has 0 aliphatic rings. The maximum atomic E-state index is 7.83. The van der Waals surface area contributed by atoms with Gasteiger partial charge in [-0.05, 0) is 55.7 Å². The Bertz CT molecular complexity index is 986. The molecule has 0 spiro atoms. The molecule has 0 atom stereocenters. The van der Waals surface area contributed by atoms with Crippen LogP contribution in [0.15, 0.2) is 96.0 Å². The molecule has 6 heteroatoms. The fourth-order valence-electron chi connectivity index (χ4n) is 4.95. The lowest BCUT2D eigenvalue weighted by Gasteiger charge is -2.27. The van der Waals surface area contributed by atoms with E-state index in [0.717, 1.165) is 13.0 Å². The molecule has 0 heterocycles. The van der Waals surface area contributed by atoms with Crippen molar-refractivity contribution >= 4 is 35.1 Å². The maximum Gasteiger partial charge on any atom is 0.220 e. The summed E-state index contributed by atoms with van der Waals surface area (Å²) < 4.78 is 0. The quantitative estimate of drug-likeness (QED) is 0.118. The molecular weight excluding hydrogens is 473 g/mol. The van der Waals surface area contributed by atoms with E-state index in [4.69, 9.17) is 16.9 Å². The SMILES string of the molecule is CN(CCCCCCCCCC[P+](c1ccccc1)(c1ccccc1)c1ccccc1)C(=N)N=C(N)N. The molecule has 0 saturated carbocycles. The first kappa shape index (κ1) is 28.4. The number of guanidine groups is 2. The molecule has 0 amide bonds. The second kappa shape index (κ2) is 15.2. The molecular formula is C31H43N5P+. The van der Waals surface area contributed by atoms with E-state index < -0.39 is 7.26 Å². The number of rotatable bonds is 14. The van der Waals surface area contributed by atoms with Crippen molar-refractivity contribution in [2.45, 2.75) is 51.4 Å². The van der Waals surface area contributed by atoms with Gasteiger partial charge in [-0.1, -0.05) is 86.7 Å². The topological polar surface area (TPSA) is 91.5 Å². The van der Waals surface area contributed by atoms with Crippen molar-refractivity contribution in [3.63, 3.8) is 0 Å². The van der Waals surface area contributed by atoms with Gasteiger partial charge in [-0.25, -0.2) is 0 Å². The van der Waals surface area contributed by atoms with Crippen LogP contribution in [0.1, 0.15) is 51.4 Å². The number of nitrogens with zero attached hydrogens (tertiary/aromatic N) is 2. The second-order valence-corrected chi connectivity index (χ2v) is 13.3. The van der Waals surface area contributed by atoms with Gasteiger partial charge in [-0.15, -0.1) is 0 Å². The predicted octanol–water partition coefficient (Wildman–Crippen LogP) is 5.24. The van der Waals surface area contributed by atoms with Crippen LogP contribution in [-0.2, 0) is 0 Å². The number of aliphatic imine (C=N–C) groups is 1. The van der Waals surface area contributed by atoms with Crippen LogP contribution in [0.4, 0.5) is 0 Å².